The Labute approximate surface area is 202 Å². The molecule has 0 heterocycles. The standard InChI is InChI=1S/C23H32N4O3.HI/c1-4-24-23(26-13-12-25-22(28)19-8-6-5-7-9-19)27-17-20-11-10-18(2)16-21(20)30-15-14-29-3;/h5-11,16H,4,12-15,17H2,1-3H3,(H,25,28)(H2,24,26,27);1H. The molecule has 0 aliphatic heterocycles. The molecule has 0 spiro atoms. The zero-order valence-corrected chi connectivity index (χ0v) is 20.8. The van der Waals surface area contributed by atoms with Gasteiger partial charge in [0.1, 0.15) is 12.4 Å². The van der Waals surface area contributed by atoms with Crippen molar-refractivity contribution in [2.75, 3.05) is 40.0 Å². The van der Waals surface area contributed by atoms with E-state index in [0.29, 0.717) is 44.4 Å². The van der Waals surface area contributed by atoms with Crippen molar-refractivity contribution in [2.24, 2.45) is 4.99 Å². The molecule has 0 aliphatic rings. The van der Waals surface area contributed by atoms with Crippen LogP contribution in [0.5, 0.6) is 5.75 Å². The Hall–Kier alpha value is -2.33. The lowest BCUT2D eigenvalue weighted by Gasteiger charge is -2.14. The normalized spacial score (nSPS) is 10.7. The molecule has 8 heteroatoms. The Bertz CT molecular complexity index is 816. The van der Waals surface area contributed by atoms with Crippen molar-refractivity contribution < 1.29 is 14.3 Å². The van der Waals surface area contributed by atoms with Crippen LogP contribution in [0.15, 0.2) is 53.5 Å². The Kier molecular flexibility index (Phi) is 13.3. The van der Waals surface area contributed by atoms with Gasteiger partial charge in [0.2, 0.25) is 0 Å². The lowest BCUT2D eigenvalue weighted by atomic mass is 10.1. The molecule has 2 aromatic carbocycles. The largest absolute Gasteiger partial charge is 0.491 e. The molecule has 3 N–H and O–H groups in total. The van der Waals surface area contributed by atoms with Crippen LogP contribution in [0.2, 0.25) is 0 Å². The van der Waals surface area contributed by atoms with Crippen LogP contribution in [0.25, 0.3) is 0 Å². The van der Waals surface area contributed by atoms with Crippen LogP contribution in [0.4, 0.5) is 0 Å². The minimum Gasteiger partial charge on any atom is -0.491 e. The molecule has 2 aromatic rings. The second-order valence-corrected chi connectivity index (χ2v) is 6.70. The molecular formula is C23H33IN4O3. The summed E-state index contributed by atoms with van der Waals surface area (Å²) < 4.78 is 10.9. The second kappa shape index (κ2) is 15.5. The lowest BCUT2D eigenvalue weighted by molar-refractivity contribution is 0.0954. The fraction of sp³-hybridized carbons (Fsp3) is 0.391. The summed E-state index contributed by atoms with van der Waals surface area (Å²) in [6.45, 7) is 7.36. The second-order valence-electron chi connectivity index (χ2n) is 6.70. The van der Waals surface area contributed by atoms with E-state index in [2.05, 4.69) is 20.9 Å². The zero-order chi connectivity index (χ0) is 21.6. The number of amides is 1. The topological polar surface area (TPSA) is 84.0 Å². The van der Waals surface area contributed by atoms with Gasteiger partial charge < -0.3 is 25.4 Å². The average molecular weight is 540 g/mol. The Morgan fingerprint density at radius 1 is 1.00 bits per heavy atom. The molecule has 0 fully saturated rings. The first-order valence-electron chi connectivity index (χ1n) is 10.2. The van der Waals surface area contributed by atoms with E-state index in [1.165, 1.54) is 0 Å². The number of aryl methyl sites for hydroxylation is 1. The van der Waals surface area contributed by atoms with Crippen molar-refractivity contribution in [1.82, 2.24) is 16.0 Å². The molecule has 1 amide bonds. The summed E-state index contributed by atoms with van der Waals surface area (Å²) in [4.78, 5) is 16.7. The van der Waals surface area contributed by atoms with E-state index in [9.17, 15) is 4.79 Å². The van der Waals surface area contributed by atoms with Crippen LogP contribution in [-0.4, -0.2) is 51.8 Å². The minimum absolute atomic E-state index is 0. The highest BCUT2D eigenvalue weighted by Gasteiger charge is 2.06. The van der Waals surface area contributed by atoms with Gasteiger partial charge in [-0.1, -0.05) is 30.3 Å². The van der Waals surface area contributed by atoms with Crippen LogP contribution in [0.3, 0.4) is 0 Å². The number of rotatable bonds is 11. The number of guanidine groups is 1. The maximum Gasteiger partial charge on any atom is 0.251 e. The summed E-state index contributed by atoms with van der Waals surface area (Å²) in [7, 11) is 1.65. The first-order valence-corrected chi connectivity index (χ1v) is 10.2. The maximum atomic E-state index is 12.1. The fourth-order valence-corrected chi connectivity index (χ4v) is 2.72. The van der Waals surface area contributed by atoms with Gasteiger partial charge in [0.05, 0.1) is 13.2 Å². The van der Waals surface area contributed by atoms with E-state index in [4.69, 9.17) is 9.47 Å². The summed E-state index contributed by atoms with van der Waals surface area (Å²) in [6.07, 6.45) is 0. The van der Waals surface area contributed by atoms with Gasteiger partial charge >= 0.3 is 0 Å². The van der Waals surface area contributed by atoms with Gasteiger partial charge in [0.25, 0.3) is 5.91 Å². The number of ether oxygens (including phenoxy) is 2. The summed E-state index contributed by atoms with van der Waals surface area (Å²) in [5, 5.41) is 9.36. The van der Waals surface area contributed by atoms with Crippen LogP contribution in [0.1, 0.15) is 28.4 Å². The summed E-state index contributed by atoms with van der Waals surface area (Å²) in [6, 6.07) is 15.3. The van der Waals surface area contributed by atoms with E-state index in [-0.39, 0.29) is 29.9 Å². The van der Waals surface area contributed by atoms with Gasteiger partial charge in [-0.2, -0.15) is 0 Å². The predicted molar refractivity (Wildman–Crippen MR) is 136 cm³/mol. The van der Waals surface area contributed by atoms with E-state index in [1.807, 2.05) is 50.2 Å². The molecule has 0 unspecified atom stereocenters. The van der Waals surface area contributed by atoms with Crippen molar-refractivity contribution in [3.8, 4) is 5.75 Å². The van der Waals surface area contributed by atoms with Gasteiger partial charge in [-0.25, -0.2) is 4.99 Å². The number of hydrogen-bond donors (Lipinski definition) is 3. The first-order chi connectivity index (χ1) is 14.6. The number of carbonyl (C=O) groups is 1. The molecule has 0 bridgehead atoms. The van der Waals surface area contributed by atoms with E-state index in [0.717, 1.165) is 23.4 Å². The Morgan fingerprint density at radius 3 is 2.45 bits per heavy atom. The zero-order valence-electron chi connectivity index (χ0n) is 18.4. The van der Waals surface area contributed by atoms with Crippen LogP contribution in [0, 0.1) is 6.92 Å². The van der Waals surface area contributed by atoms with Crippen molar-refractivity contribution in [3.05, 3.63) is 65.2 Å². The van der Waals surface area contributed by atoms with Gasteiger partial charge in [0, 0.05) is 37.9 Å². The molecule has 31 heavy (non-hydrogen) atoms. The van der Waals surface area contributed by atoms with Crippen molar-refractivity contribution in [1.29, 1.82) is 0 Å². The molecule has 0 aliphatic carbocycles. The quantitative estimate of drug-likeness (QED) is 0.177. The molecule has 0 saturated heterocycles. The predicted octanol–water partition coefficient (Wildman–Crippen LogP) is 3.12. The third kappa shape index (κ3) is 10.0. The molecule has 0 saturated carbocycles. The van der Waals surface area contributed by atoms with Crippen molar-refractivity contribution >= 4 is 35.8 Å². The SMILES string of the molecule is CCNC(=NCc1ccc(C)cc1OCCOC)NCCNC(=O)c1ccccc1.I. The number of hydrogen-bond acceptors (Lipinski definition) is 4. The van der Waals surface area contributed by atoms with Crippen molar-refractivity contribution in [3.63, 3.8) is 0 Å². The summed E-state index contributed by atoms with van der Waals surface area (Å²) in [5.41, 5.74) is 2.79. The minimum atomic E-state index is -0.0863. The maximum absolute atomic E-state index is 12.1. The Balaban J connectivity index is 0.00000480. The molecule has 2 rings (SSSR count). The number of methoxy groups -OCH3 is 1. The lowest BCUT2D eigenvalue weighted by Crippen LogP contribution is -2.41. The van der Waals surface area contributed by atoms with Crippen LogP contribution in [-0.2, 0) is 11.3 Å². The number of benzene rings is 2. The summed E-state index contributed by atoms with van der Waals surface area (Å²) in [5.74, 6) is 1.42. The van der Waals surface area contributed by atoms with Gasteiger partial charge in [-0.3, -0.25) is 4.79 Å². The van der Waals surface area contributed by atoms with Gasteiger partial charge in [-0.05, 0) is 37.6 Å². The third-order valence-corrected chi connectivity index (χ3v) is 4.26. The molecule has 0 radical (unpaired) electrons. The van der Waals surface area contributed by atoms with E-state index in [1.54, 1.807) is 19.2 Å². The van der Waals surface area contributed by atoms with E-state index < -0.39 is 0 Å². The number of halogens is 1. The average Bonchev–Trinajstić information content (AvgIpc) is 2.76. The summed E-state index contributed by atoms with van der Waals surface area (Å²) >= 11 is 0. The number of nitrogens with zero attached hydrogens (tertiary/aromatic N) is 1. The third-order valence-electron chi connectivity index (χ3n) is 4.26. The number of nitrogens with one attached hydrogen (secondary N) is 3. The van der Waals surface area contributed by atoms with Gasteiger partial charge in [0.15, 0.2) is 5.96 Å². The highest BCUT2D eigenvalue weighted by molar-refractivity contribution is 14.0. The van der Waals surface area contributed by atoms with Crippen LogP contribution >= 0.6 is 24.0 Å². The Morgan fingerprint density at radius 2 is 1.74 bits per heavy atom. The fourth-order valence-electron chi connectivity index (χ4n) is 2.72. The molecule has 0 atom stereocenters. The molecule has 170 valence electrons. The smallest absolute Gasteiger partial charge is 0.251 e. The van der Waals surface area contributed by atoms with Crippen molar-refractivity contribution in [2.45, 2.75) is 20.4 Å². The highest BCUT2D eigenvalue weighted by atomic mass is 127. The molecule has 0 aromatic heterocycles. The number of aliphatic imine (C=N–C) groups is 1. The first kappa shape index (κ1) is 26.7. The molecular weight excluding hydrogens is 507 g/mol. The highest BCUT2D eigenvalue weighted by Crippen LogP contribution is 2.21. The van der Waals surface area contributed by atoms with Crippen LogP contribution < -0.4 is 20.7 Å². The number of carbonyl (C=O) groups excluding carboxylic acids is 1. The van der Waals surface area contributed by atoms with Gasteiger partial charge in [-0.15, -0.1) is 24.0 Å². The molecule has 7 nitrogen and oxygen atoms in total. The monoisotopic (exact) mass is 540 g/mol. The van der Waals surface area contributed by atoms with E-state index >= 15 is 0 Å².